The molecule has 4 fully saturated rings. The fourth-order valence-electron chi connectivity index (χ4n) is 6.45. The van der Waals surface area contributed by atoms with Gasteiger partial charge in [0.15, 0.2) is 0 Å². The molecule has 1 unspecified atom stereocenters. The first-order valence-electron chi connectivity index (χ1n) is 10.3. The molecule has 0 N–H and O–H groups in total. The van der Waals surface area contributed by atoms with E-state index in [0.29, 0.717) is 11.8 Å². The van der Waals surface area contributed by atoms with Gasteiger partial charge in [0.1, 0.15) is 11.4 Å². The summed E-state index contributed by atoms with van der Waals surface area (Å²) < 4.78 is 6.91. The molecule has 0 aliphatic heterocycles. The van der Waals surface area contributed by atoms with Crippen LogP contribution >= 0.6 is 0 Å². The Labute approximate surface area is 148 Å². The Balaban J connectivity index is 1.60. The molecular weight excluding hydrogens is 292 g/mol. The molecule has 4 aliphatic rings. The van der Waals surface area contributed by atoms with Crippen LogP contribution in [0.4, 0.5) is 0 Å². The molecule has 0 saturated heterocycles. The smallest absolute Gasteiger partial charge is 0.120 e. The molecule has 4 saturated carbocycles. The highest BCUT2D eigenvalue weighted by molar-refractivity contribution is 5.30. The van der Waals surface area contributed by atoms with Crippen LogP contribution in [0.15, 0.2) is 24.3 Å². The van der Waals surface area contributed by atoms with Gasteiger partial charge in [-0.2, -0.15) is 0 Å². The Bertz CT molecular complexity index is 542. The van der Waals surface area contributed by atoms with E-state index in [1.807, 2.05) is 0 Å². The summed E-state index contributed by atoms with van der Waals surface area (Å²) in [6, 6.07) is 9.04. The van der Waals surface area contributed by atoms with Crippen molar-refractivity contribution in [3.8, 4) is 5.75 Å². The second kappa shape index (κ2) is 6.07. The largest absolute Gasteiger partial charge is 0.486 e. The molecule has 4 bridgehead atoms. The fourth-order valence-corrected chi connectivity index (χ4v) is 6.45. The van der Waals surface area contributed by atoms with Crippen LogP contribution in [0, 0.1) is 29.6 Å². The highest BCUT2D eigenvalue weighted by Gasteiger charge is 2.60. The maximum Gasteiger partial charge on any atom is 0.120 e. The van der Waals surface area contributed by atoms with E-state index in [2.05, 4.69) is 52.0 Å². The number of rotatable bonds is 5. The molecule has 1 aromatic rings. The van der Waals surface area contributed by atoms with Crippen LogP contribution in [-0.4, -0.2) is 5.60 Å². The summed E-state index contributed by atoms with van der Waals surface area (Å²) in [5.74, 6) is 5.89. The van der Waals surface area contributed by atoms with Crippen LogP contribution < -0.4 is 4.74 Å². The van der Waals surface area contributed by atoms with Crippen molar-refractivity contribution < 1.29 is 4.74 Å². The zero-order valence-corrected chi connectivity index (χ0v) is 15.9. The van der Waals surface area contributed by atoms with Crippen LogP contribution in [0.5, 0.6) is 5.75 Å². The van der Waals surface area contributed by atoms with Gasteiger partial charge in [0.25, 0.3) is 0 Å². The number of benzene rings is 1. The third-order valence-corrected chi connectivity index (χ3v) is 7.67. The SMILES string of the molecule is CCC(C)c1ccc(OC2(C(C)C)C3CC4CC(C3)CC2C4)cc1. The van der Waals surface area contributed by atoms with Crippen LogP contribution in [0.2, 0.25) is 0 Å². The lowest BCUT2D eigenvalue weighted by molar-refractivity contribution is -0.179. The minimum atomic E-state index is 0.0886. The lowest BCUT2D eigenvalue weighted by atomic mass is 9.47. The molecule has 0 heterocycles. The first-order chi connectivity index (χ1) is 11.5. The molecule has 1 heteroatoms. The van der Waals surface area contributed by atoms with Gasteiger partial charge >= 0.3 is 0 Å². The molecule has 5 rings (SSSR count). The van der Waals surface area contributed by atoms with Gasteiger partial charge in [0.2, 0.25) is 0 Å². The molecule has 0 spiro atoms. The lowest BCUT2D eigenvalue weighted by Crippen LogP contribution is -2.63. The summed E-state index contributed by atoms with van der Waals surface area (Å²) in [4.78, 5) is 0. The van der Waals surface area contributed by atoms with E-state index in [1.165, 1.54) is 44.1 Å². The van der Waals surface area contributed by atoms with Crippen LogP contribution in [0.1, 0.15) is 77.7 Å². The number of hydrogen-bond donors (Lipinski definition) is 0. The van der Waals surface area contributed by atoms with Crippen molar-refractivity contribution in [3.05, 3.63) is 29.8 Å². The molecule has 0 aromatic heterocycles. The Hall–Kier alpha value is -0.980. The second-order valence-electron chi connectivity index (χ2n) is 9.29. The Kier molecular flexibility index (Phi) is 4.17. The van der Waals surface area contributed by atoms with E-state index >= 15 is 0 Å². The second-order valence-corrected chi connectivity index (χ2v) is 9.29. The predicted octanol–water partition coefficient (Wildman–Crippen LogP) is 6.43. The zero-order chi connectivity index (χ0) is 16.9. The molecule has 132 valence electrons. The van der Waals surface area contributed by atoms with Crippen LogP contribution in [0.25, 0.3) is 0 Å². The topological polar surface area (TPSA) is 9.23 Å². The summed E-state index contributed by atoms with van der Waals surface area (Å²) >= 11 is 0. The van der Waals surface area contributed by atoms with E-state index < -0.39 is 0 Å². The fraction of sp³-hybridized carbons (Fsp3) is 0.739. The standard InChI is InChI=1S/C23H34O/c1-5-16(4)19-6-8-22(9-7-19)24-23(15(2)3)20-11-17-10-18(13-20)14-21(23)12-17/h6-9,15-18,20-21H,5,10-14H2,1-4H3. The zero-order valence-electron chi connectivity index (χ0n) is 15.9. The molecule has 1 atom stereocenters. The van der Waals surface area contributed by atoms with Crippen molar-refractivity contribution in [2.24, 2.45) is 29.6 Å². The number of ether oxygens (including phenoxy) is 1. The molecule has 1 aromatic carbocycles. The van der Waals surface area contributed by atoms with Gasteiger partial charge in [-0.15, -0.1) is 0 Å². The van der Waals surface area contributed by atoms with Gasteiger partial charge in [-0.3, -0.25) is 0 Å². The highest BCUT2D eigenvalue weighted by Crippen LogP contribution is 2.61. The lowest BCUT2D eigenvalue weighted by Gasteiger charge is -2.62. The maximum atomic E-state index is 6.91. The van der Waals surface area contributed by atoms with E-state index in [1.54, 1.807) is 0 Å². The Morgan fingerprint density at radius 1 is 0.917 bits per heavy atom. The number of hydrogen-bond acceptors (Lipinski definition) is 1. The van der Waals surface area contributed by atoms with E-state index in [4.69, 9.17) is 4.74 Å². The third-order valence-electron chi connectivity index (χ3n) is 7.67. The monoisotopic (exact) mass is 326 g/mol. The molecule has 0 radical (unpaired) electrons. The highest BCUT2D eigenvalue weighted by atomic mass is 16.5. The van der Waals surface area contributed by atoms with Gasteiger partial charge in [-0.25, -0.2) is 0 Å². The quantitative estimate of drug-likeness (QED) is 0.606. The van der Waals surface area contributed by atoms with Crippen molar-refractivity contribution in [3.63, 3.8) is 0 Å². The predicted molar refractivity (Wildman–Crippen MR) is 100 cm³/mol. The van der Waals surface area contributed by atoms with Crippen molar-refractivity contribution >= 4 is 0 Å². The average molecular weight is 327 g/mol. The van der Waals surface area contributed by atoms with Gasteiger partial charge < -0.3 is 4.74 Å². The van der Waals surface area contributed by atoms with E-state index in [9.17, 15) is 0 Å². The van der Waals surface area contributed by atoms with Crippen molar-refractivity contribution in [2.45, 2.75) is 77.7 Å². The summed E-state index contributed by atoms with van der Waals surface area (Å²) in [6.07, 6.45) is 8.35. The van der Waals surface area contributed by atoms with E-state index in [0.717, 1.165) is 29.4 Å². The molecule has 1 nitrogen and oxygen atoms in total. The maximum absolute atomic E-state index is 6.91. The Morgan fingerprint density at radius 2 is 1.46 bits per heavy atom. The normalized spacial score (nSPS) is 38.5. The molecule has 4 aliphatic carbocycles. The molecule has 0 amide bonds. The van der Waals surface area contributed by atoms with Crippen molar-refractivity contribution in [1.82, 2.24) is 0 Å². The van der Waals surface area contributed by atoms with Crippen molar-refractivity contribution in [1.29, 1.82) is 0 Å². The van der Waals surface area contributed by atoms with E-state index in [-0.39, 0.29) is 5.60 Å². The third kappa shape index (κ3) is 2.50. The first-order valence-corrected chi connectivity index (χ1v) is 10.3. The molecule has 24 heavy (non-hydrogen) atoms. The summed E-state index contributed by atoms with van der Waals surface area (Å²) in [5.41, 5.74) is 1.53. The summed E-state index contributed by atoms with van der Waals surface area (Å²) in [6.45, 7) is 9.37. The molecular formula is C23H34O. The van der Waals surface area contributed by atoms with Crippen LogP contribution in [-0.2, 0) is 0 Å². The van der Waals surface area contributed by atoms with Gasteiger partial charge in [0.05, 0.1) is 0 Å². The minimum Gasteiger partial charge on any atom is -0.486 e. The van der Waals surface area contributed by atoms with Gasteiger partial charge in [-0.05, 0) is 91.7 Å². The van der Waals surface area contributed by atoms with Crippen molar-refractivity contribution in [2.75, 3.05) is 0 Å². The summed E-state index contributed by atoms with van der Waals surface area (Å²) in [7, 11) is 0. The van der Waals surface area contributed by atoms with Gasteiger partial charge in [-0.1, -0.05) is 39.8 Å². The average Bonchev–Trinajstić information content (AvgIpc) is 2.57. The van der Waals surface area contributed by atoms with Gasteiger partial charge in [0, 0.05) is 0 Å². The summed E-state index contributed by atoms with van der Waals surface area (Å²) in [5, 5.41) is 0. The van der Waals surface area contributed by atoms with Crippen LogP contribution in [0.3, 0.4) is 0 Å². The first kappa shape index (κ1) is 16.5. The minimum absolute atomic E-state index is 0.0886. The Morgan fingerprint density at radius 3 is 1.92 bits per heavy atom.